The van der Waals surface area contributed by atoms with Crippen LogP contribution >= 0.6 is 0 Å². The van der Waals surface area contributed by atoms with Crippen molar-refractivity contribution >= 4 is 11.8 Å². The van der Waals surface area contributed by atoms with Crippen LogP contribution < -0.4 is 11.1 Å². The minimum atomic E-state index is -0.516. The standard InChI is InChI=1S/C16H24N2O3/c1-15(2,3)21-14(19)18-16(8-10-20-11-9-16)12-4-6-13(17)7-5-12/h4-7H,8-11,17H2,1-3H3,(H,18,19). The van der Waals surface area contributed by atoms with Gasteiger partial charge >= 0.3 is 6.09 Å². The summed E-state index contributed by atoms with van der Waals surface area (Å²) in [6, 6.07) is 7.61. The highest BCUT2D eigenvalue weighted by molar-refractivity contribution is 5.69. The number of carbonyl (C=O) groups excluding carboxylic acids is 1. The molecule has 0 aliphatic carbocycles. The van der Waals surface area contributed by atoms with Crippen molar-refractivity contribution < 1.29 is 14.3 Å². The second-order valence-corrected chi connectivity index (χ2v) is 6.44. The number of carbonyl (C=O) groups is 1. The molecule has 2 rings (SSSR count). The molecule has 3 N–H and O–H groups in total. The van der Waals surface area contributed by atoms with Gasteiger partial charge in [0.25, 0.3) is 0 Å². The normalized spacial score (nSPS) is 18.0. The van der Waals surface area contributed by atoms with E-state index in [0.717, 1.165) is 18.4 Å². The van der Waals surface area contributed by atoms with Crippen LogP contribution in [0.4, 0.5) is 10.5 Å². The third-order valence-electron chi connectivity index (χ3n) is 3.55. The minimum absolute atomic E-state index is 0.402. The lowest BCUT2D eigenvalue weighted by Crippen LogP contribution is -2.50. The van der Waals surface area contributed by atoms with Gasteiger partial charge in [-0.2, -0.15) is 0 Å². The first-order chi connectivity index (χ1) is 9.81. The second kappa shape index (κ2) is 5.93. The van der Waals surface area contributed by atoms with Gasteiger partial charge in [-0.05, 0) is 51.3 Å². The minimum Gasteiger partial charge on any atom is -0.444 e. The summed E-state index contributed by atoms with van der Waals surface area (Å²) in [5.41, 5.74) is 6.52. The van der Waals surface area contributed by atoms with Crippen LogP contribution in [0.25, 0.3) is 0 Å². The predicted molar refractivity (Wildman–Crippen MR) is 82.0 cm³/mol. The van der Waals surface area contributed by atoms with E-state index in [-0.39, 0.29) is 0 Å². The maximum atomic E-state index is 12.2. The maximum absolute atomic E-state index is 12.2. The Balaban J connectivity index is 2.21. The molecule has 21 heavy (non-hydrogen) atoms. The van der Waals surface area contributed by atoms with E-state index in [1.54, 1.807) is 0 Å². The summed E-state index contributed by atoms with van der Waals surface area (Å²) < 4.78 is 10.8. The maximum Gasteiger partial charge on any atom is 0.408 e. The molecule has 0 unspecified atom stereocenters. The molecule has 1 fully saturated rings. The van der Waals surface area contributed by atoms with E-state index >= 15 is 0 Å². The first-order valence-electron chi connectivity index (χ1n) is 7.26. The van der Waals surface area contributed by atoms with Crippen LogP contribution in [0, 0.1) is 0 Å². The molecule has 1 aromatic carbocycles. The highest BCUT2D eigenvalue weighted by Crippen LogP contribution is 2.33. The Bertz CT molecular complexity index is 485. The summed E-state index contributed by atoms with van der Waals surface area (Å²) in [6.45, 7) is 6.78. The van der Waals surface area contributed by atoms with Crippen molar-refractivity contribution in [2.75, 3.05) is 18.9 Å². The number of nitrogens with one attached hydrogen (secondary N) is 1. The third kappa shape index (κ3) is 4.11. The topological polar surface area (TPSA) is 73.6 Å². The summed E-state index contributed by atoms with van der Waals surface area (Å²) in [5.74, 6) is 0. The molecule has 116 valence electrons. The molecule has 1 heterocycles. The molecule has 5 heteroatoms. The number of nitrogen functional groups attached to an aromatic ring is 1. The van der Waals surface area contributed by atoms with Gasteiger partial charge in [0.15, 0.2) is 0 Å². The molecular weight excluding hydrogens is 268 g/mol. The van der Waals surface area contributed by atoms with Gasteiger partial charge < -0.3 is 20.5 Å². The highest BCUT2D eigenvalue weighted by atomic mass is 16.6. The zero-order valence-corrected chi connectivity index (χ0v) is 12.9. The average Bonchev–Trinajstić information content (AvgIpc) is 2.38. The number of anilines is 1. The van der Waals surface area contributed by atoms with E-state index in [4.69, 9.17) is 15.2 Å². The van der Waals surface area contributed by atoms with Crippen LogP contribution in [0.3, 0.4) is 0 Å². The highest BCUT2D eigenvalue weighted by Gasteiger charge is 2.37. The molecule has 0 radical (unpaired) electrons. The number of amides is 1. The fourth-order valence-electron chi connectivity index (χ4n) is 2.51. The Hall–Kier alpha value is -1.75. The van der Waals surface area contributed by atoms with Crippen LogP contribution in [0.5, 0.6) is 0 Å². The summed E-state index contributed by atoms with van der Waals surface area (Å²) >= 11 is 0. The van der Waals surface area contributed by atoms with Gasteiger partial charge in [0.1, 0.15) is 5.60 Å². The molecule has 0 aromatic heterocycles. The predicted octanol–water partition coefficient (Wildman–Crippen LogP) is 2.80. The van der Waals surface area contributed by atoms with Crippen LogP contribution in [-0.4, -0.2) is 24.9 Å². The number of alkyl carbamates (subject to hydrolysis) is 1. The van der Waals surface area contributed by atoms with Crippen molar-refractivity contribution in [2.45, 2.75) is 44.8 Å². The Kier molecular flexibility index (Phi) is 4.42. The van der Waals surface area contributed by atoms with Gasteiger partial charge in [0.05, 0.1) is 5.54 Å². The Morgan fingerprint density at radius 1 is 1.24 bits per heavy atom. The zero-order valence-electron chi connectivity index (χ0n) is 12.9. The largest absolute Gasteiger partial charge is 0.444 e. The van der Waals surface area contributed by atoms with Crippen molar-refractivity contribution in [3.63, 3.8) is 0 Å². The molecule has 0 saturated carbocycles. The number of nitrogens with two attached hydrogens (primary N) is 1. The second-order valence-electron chi connectivity index (χ2n) is 6.44. The smallest absolute Gasteiger partial charge is 0.408 e. The monoisotopic (exact) mass is 292 g/mol. The molecule has 1 amide bonds. The van der Waals surface area contributed by atoms with Gasteiger partial charge in [-0.3, -0.25) is 0 Å². The lowest BCUT2D eigenvalue weighted by Gasteiger charge is -2.38. The fourth-order valence-corrected chi connectivity index (χ4v) is 2.51. The first kappa shape index (κ1) is 15.6. The first-order valence-corrected chi connectivity index (χ1v) is 7.26. The van der Waals surface area contributed by atoms with Gasteiger partial charge in [0.2, 0.25) is 0 Å². The third-order valence-corrected chi connectivity index (χ3v) is 3.55. The number of hydrogen-bond donors (Lipinski definition) is 2. The van der Waals surface area contributed by atoms with Gasteiger partial charge in [-0.15, -0.1) is 0 Å². The van der Waals surface area contributed by atoms with Crippen molar-refractivity contribution in [2.24, 2.45) is 0 Å². The molecular formula is C16H24N2O3. The van der Waals surface area contributed by atoms with E-state index in [0.29, 0.717) is 18.9 Å². The zero-order chi connectivity index (χ0) is 15.5. The van der Waals surface area contributed by atoms with Gasteiger partial charge in [-0.25, -0.2) is 4.79 Å². The van der Waals surface area contributed by atoms with Crippen molar-refractivity contribution in [1.82, 2.24) is 5.32 Å². The van der Waals surface area contributed by atoms with Crippen LogP contribution in [0.15, 0.2) is 24.3 Å². The van der Waals surface area contributed by atoms with E-state index in [2.05, 4.69) is 5.32 Å². The van der Waals surface area contributed by atoms with Crippen molar-refractivity contribution in [3.8, 4) is 0 Å². The van der Waals surface area contributed by atoms with E-state index in [1.807, 2.05) is 45.0 Å². The summed E-state index contributed by atoms with van der Waals surface area (Å²) in [4.78, 5) is 12.2. The molecule has 1 aliphatic rings. The van der Waals surface area contributed by atoms with E-state index in [1.165, 1.54) is 0 Å². The number of hydrogen-bond acceptors (Lipinski definition) is 4. The van der Waals surface area contributed by atoms with Gasteiger partial charge in [0, 0.05) is 18.9 Å². The number of benzene rings is 1. The number of rotatable bonds is 2. The van der Waals surface area contributed by atoms with Crippen molar-refractivity contribution in [1.29, 1.82) is 0 Å². The van der Waals surface area contributed by atoms with Gasteiger partial charge in [-0.1, -0.05) is 12.1 Å². The molecule has 5 nitrogen and oxygen atoms in total. The molecule has 1 aromatic rings. The lowest BCUT2D eigenvalue weighted by atomic mass is 9.82. The Labute approximate surface area is 125 Å². The Morgan fingerprint density at radius 2 is 1.81 bits per heavy atom. The lowest BCUT2D eigenvalue weighted by molar-refractivity contribution is 0.0157. The van der Waals surface area contributed by atoms with E-state index in [9.17, 15) is 4.79 Å². The summed E-state index contributed by atoms with van der Waals surface area (Å²) in [5, 5.41) is 3.04. The fraction of sp³-hybridized carbons (Fsp3) is 0.562. The average molecular weight is 292 g/mol. The molecule has 0 spiro atoms. The summed E-state index contributed by atoms with van der Waals surface area (Å²) in [7, 11) is 0. The quantitative estimate of drug-likeness (QED) is 0.822. The SMILES string of the molecule is CC(C)(C)OC(=O)NC1(c2ccc(N)cc2)CCOCC1. The molecule has 0 atom stereocenters. The van der Waals surface area contributed by atoms with E-state index < -0.39 is 17.2 Å². The van der Waals surface area contributed by atoms with Crippen LogP contribution in [0.2, 0.25) is 0 Å². The molecule has 1 saturated heterocycles. The number of ether oxygens (including phenoxy) is 2. The van der Waals surface area contributed by atoms with Crippen LogP contribution in [-0.2, 0) is 15.0 Å². The van der Waals surface area contributed by atoms with Crippen molar-refractivity contribution in [3.05, 3.63) is 29.8 Å². The summed E-state index contributed by atoms with van der Waals surface area (Å²) in [6.07, 6.45) is 1.04. The van der Waals surface area contributed by atoms with Crippen LogP contribution in [0.1, 0.15) is 39.2 Å². The Morgan fingerprint density at radius 3 is 2.33 bits per heavy atom. The molecule has 0 bridgehead atoms. The molecule has 1 aliphatic heterocycles.